The Labute approximate surface area is 80.0 Å². The molecule has 13 heavy (non-hydrogen) atoms. The molecule has 4 nitrogen and oxygen atoms in total. The molecule has 1 heterocycles. The fraction of sp³-hybridized carbons (Fsp3) is 0. The topological polar surface area (TPSA) is 44.4 Å². The summed E-state index contributed by atoms with van der Waals surface area (Å²) in [5, 5.41) is 0. The van der Waals surface area contributed by atoms with E-state index in [4.69, 9.17) is 21.3 Å². The highest BCUT2D eigenvalue weighted by atomic mass is 32.1. The van der Waals surface area contributed by atoms with Crippen molar-refractivity contribution in [1.29, 1.82) is 0 Å². The van der Waals surface area contributed by atoms with E-state index in [-0.39, 0.29) is 4.84 Å². The summed E-state index contributed by atoms with van der Waals surface area (Å²) in [6.45, 7) is 0. The Morgan fingerprint density at radius 2 is 2.23 bits per heavy atom. The van der Waals surface area contributed by atoms with Gasteiger partial charge < -0.3 is 9.04 Å². The summed E-state index contributed by atoms with van der Waals surface area (Å²) in [5.41, 5.74) is 1.27. The van der Waals surface area contributed by atoms with Crippen LogP contribution >= 0.6 is 20.9 Å². The van der Waals surface area contributed by atoms with E-state index in [0.717, 1.165) is 0 Å². The minimum Gasteiger partial charge on any atom is -0.427 e. The zero-order chi connectivity index (χ0) is 9.26. The SMILES string of the molecule is O=POn1c(=S)oc2ccccc21. The molecule has 0 N–H and O–H groups in total. The largest absolute Gasteiger partial charge is 0.427 e. The van der Waals surface area contributed by atoms with Crippen LogP contribution < -0.4 is 4.62 Å². The van der Waals surface area contributed by atoms with Gasteiger partial charge in [0.25, 0.3) is 0 Å². The quantitative estimate of drug-likeness (QED) is 0.568. The van der Waals surface area contributed by atoms with E-state index in [1.54, 1.807) is 12.1 Å². The van der Waals surface area contributed by atoms with Crippen LogP contribution in [0.1, 0.15) is 0 Å². The molecule has 0 aliphatic rings. The third-order valence-electron chi connectivity index (χ3n) is 1.56. The first-order valence-electron chi connectivity index (χ1n) is 3.43. The monoisotopic (exact) mass is 213 g/mol. The highest BCUT2D eigenvalue weighted by Crippen LogP contribution is 2.16. The number of nitrogens with zero attached hydrogens (tertiary/aromatic N) is 1. The van der Waals surface area contributed by atoms with Crippen LogP contribution in [0.2, 0.25) is 0 Å². The standard InChI is InChI=1S/C7H4NO3PS/c9-12-11-8-5-3-1-2-4-6(5)10-7(8)13/h1-4H. The van der Waals surface area contributed by atoms with E-state index in [2.05, 4.69) is 0 Å². The molecule has 0 fully saturated rings. The Bertz CT molecular complexity index is 504. The third kappa shape index (κ3) is 1.36. The lowest BCUT2D eigenvalue weighted by atomic mass is 10.3. The second-order valence-corrected chi connectivity index (χ2v) is 2.95. The Morgan fingerprint density at radius 3 is 3.00 bits per heavy atom. The fourth-order valence-corrected chi connectivity index (χ4v) is 1.57. The van der Waals surface area contributed by atoms with Crippen LogP contribution in [0.15, 0.2) is 28.7 Å². The van der Waals surface area contributed by atoms with Gasteiger partial charge in [0.05, 0.1) is 0 Å². The van der Waals surface area contributed by atoms with Crippen molar-refractivity contribution in [3.05, 3.63) is 29.1 Å². The van der Waals surface area contributed by atoms with Gasteiger partial charge in [-0.25, -0.2) is 4.57 Å². The second kappa shape index (κ2) is 3.28. The Hall–Kier alpha value is -1.19. The van der Waals surface area contributed by atoms with Gasteiger partial charge in [-0.05, 0) is 24.4 Å². The van der Waals surface area contributed by atoms with E-state index in [1.807, 2.05) is 12.1 Å². The highest BCUT2D eigenvalue weighted by Gasteiger charge is 2.05. The number of rotatable bonds is 2. The van der Waals surface area contributed by atoms with Crippen molar-refractivity contribution in [2.24, 2.45) is 0 Å². The molecule has 0 atom stereocenters. The Morgan fingerprint density at radius 1 is 1.46 bits per heavy atom. The lowest BCUT2D eigenvalue weighted by Gasteiger charge is -1.93. The van der Waals surface area contributed by atoms with Gasteiger partial charge in [-0.15, -0.1) is 4.73 Å². The molecule has 2 rings (SSSR count). The number of hydrogen-bond donors (Lipinski definition) is 0. The average Bonchev–Trinajstić information content (AvgIpc) is 2.44. The van der Waals surface area contributed by atoms with Crippen molar-refractivity contribution >= 4 is 32.0 Å². The summed E-state index contributed by atoms with van der Waals surface area (Å²) in [6, 6.07) is 7.15. The van der Waals surface area contributed by atoms with E-state index in [9.17, 15) is 4.57 Å². The van der Waals surface area contributed by atoms with Crippen molar-refractivity contribution in [3.8, 4) is 0 Å². The Balaban J connectivity index is 2.78. The van der Waals surface area contributed by atoms with Crippen molar-refractivity contribution in [3.63, 3.8) is 0 Å². The molecule has 1 aromatic heterocycles. The van der Waals surface area contributed by atoms with Gasteiger partial charge in [-0.1, -0.05) is 12.1 Å². The summed E-state index contributed by atoms with van der Waals surface area (Å²) in [4.78, 5) is 0.143. The van der Waals surface area contributed by atoms with Crippen LogP contribution in [0.4, 0.5) is 0 Å². The van der Waals surface area contributed by atoms with Crippen LogP contribution in [0, 0.1) is 4.84 Å². The molecular weight excluding hydrogens is 209 g/mol. The third-order valence-corrected chi connectivity index (χ3v) is 2.04. The molecule has 0 aliphatic carbocycles. The lowest BCUT2D eigenvalue weighted by molar-refractivity contribution is 0.286. The number of benzene rings is 1. The van der Waals surface area contributed by atoms with Crippen LogP contribution in [0.5, 0.6) is 0 Å². The van der Waals surface area contributed by atoms with Gasteiger partial charge in [0.1, 0.15) is 5.52 Å². The molecule has 0 aliphatic heterocycles. The van der Waals surface area contributed by atoms with Crippen LogP contribution in [0.25, 0.3) is 11.1 Å². The summed E-state index contributed by atoms with van der Waals surface area (Å²) < 4.78 is 21.3. The van der Waals surface area contributed by atoms with E-state index < -0.39 is 8.69 Å². The summed E-state index contributed by atoms with van der Waals surface area (Å²) in [5.74, 6) is 0. The smallest absolute Gasteiger partial charge is 0.417 e. The number of oxazole rings is 1. The van der Waals surface area contributed by atoms with Gasteiger partial charge in [-0.3, -0.25) is 0 Å². The number of para-hydroxylation sites is 2. The van der Waals surface area contributed by atoms with Gasteiger partial charge in [-0.2, -0.15) is 0 Å². The number of hydrogen-bond acceptors (Lipinski definition) is 4. The predicted molar refractivity (Wildman–Crippen MR) is 49.2 cm³/mol. The maximum Gasteiger partial charge on any atom is 0.417 e. The number of fused-ring (bicyclic) bond motifs is 1. The first-order valence-corrected chi connectivity index (χ1v) is 4.57. The molecule has 0 saturated carbocycles. The van der Waals surface area contributed by atoms with E-state index in [0.29, 0.717) is 11.1 Å². The molecule has 0 amide bonds. The zero-order valence-corrected chi connectivity index (χ0v) is 8.05. The second-order valence-electron chi connectivity index (χ2n) is 2.29. The van der Waals surface area contributed by atoms with Crippen LogP contribution in [0.3, 0.4) is 0 Å². The summed E-state index contributed by atoms with van der Waals surface area (Å²) >= 11 is 4.85. The van der Waals surface area contributed by atoms with E-state index in [1.165, 1.54) is 4.73 Å². The minimum absolute atomic E-state index is 0.143. The number of aromatic nitrogens is 1. The molecule has 0 radical (unpaired) electrons. The van der Waals surface area contributed by atoms with Crippen molar-refractivity contribution in [2.75, 3.05) is 0 Å². The zero-order valence-electron chi connectivity index (χ0n) is 6.34. The van der Waals surface area contributed by atoms with Crippen molar-refractivity contribution < 1.29 is 13.6 Å². The molecular formula is C7H4NO3PS. The highest BCUT2D eigenvalue weighted by molar-refractivity contribution is 7.71. The van der Waals surface area contributed by atoms with Crippen molar-refractivity contribution in [2.45, 2.75) is 0 Å². The molecule has 1 aromatic carbocycles. The molecule has 2 aromatic rings. The van der Waals surface area contributed by atoms with E-state index >= 15 is 0 Å². The molecule has 6 heteroatoms. The first kappa shape index (κ1) is 8.41. The molecule has 0 bridgehead atoms. The molecule has 0 unspecified atom stereocenters. The van der Waals surface area contributed by atoms with Gasteiger partial charge in [0, 0.05) is 0 Å². The first-order chi connectivity index (χ1) is 6.33. The maximum atomic E-state index is 10.2. The molecule has 66 valence electrons. The molecule has 0 spiro atoms. The van der Waals surface area contributed by atoms with Gasteiger partial charge >= 0.3 is 13.5 Å². The molecule has 0 saturated heterocycles. The summed E-state index contributed by atoms with van der Waals surface area (Å²) in [7, 11) is -0.464. The maximum absolute atomic E-state index is 10.2. The summed E-state index contributed by atoms with van der Waals surface area (Å²) in [6.07, 6.45) is 0. The predicted octanol–water partition coefficient (Wildman–Crippen LogP) is 2.60. The average molecular weight is 213 g/mol. The Kier molecular flexibility index (Phi) is 2.12. The fourth-order valence-electron chi connectivity index (χ4n) is 1.06. The van der Waals surface area contributed by atoms with Crippen LogP contribution in [-0.2, 0) is 4.57 Å². The van der Waals surface area contributed by atoms with Crippen molar-refractivity contribution in [1.82, 2.24) is 4.73 Å². The lowest BCUT2D eigenvalue weighted by Crippen LogP contribution is -1.98. The van der Waals surface area contributed by atoms with Gasteiger partial charge in [0.2, 0.25) is 0 Å². The van der Waals surface area contributed by atoms with Gasteiger partial charge in [0.15, 0.2) is 5.58 Å². The van der Waals surface area contributed by atoms with Crippen LogP contribution in [-0.4, -0.2) is 4.73 Å². The normalized spacial score (nSPS) is 10.8. The minimum atomic E-state index is -0.464.